The van der Waals surface area contributed by atoms with Crippen molar-refractivity contribution in [3.8, 4) is 0 Å². The second-order valence-electron chi connectivity index (χ2n) is 4.63. The monoisotopic (exact) mass is 268 g/mol. The molecule has 2 aromatic rings. The summed E-state index contributed by atoms with van der Waals surface area (Å²) in [4.78, 5) is 0. The molecular weight excluding hydrogens is 252 g/mol. The quantitative estimate of drug-likeness (QED) is 0.509. The molecule has 2 N–H and O–H groups in total. The maximum absolute atomic E-state index is 9.26. The fourth-order valence-corrected chi connectivity index (χ4v) is 1.91. The highest BCUT2D eigenvalue weighted by Crippen LogP contribution is 2.12. The van der Waals surface area contributed by atoms with Gasteiger partial charge in [0.1, 0.15) is 11.4 Å². The number of nitrogens with zero attached hydrogens (tertiary/aromatic N) is 2. The highest BCUT2D eigenvalue weighted by molar-refractivity contribution is 6.53. The first-order chi connectivity index (χ1) is 9.65. The van der Waals surface area contributed by atoms with E-state index in [1.807, 2.05) is 62.4 Å². The van der Waals surface area contributed by atoms with Gasteiger partial charge < -0.3 is 10.4 Å². The van der Waals surface area contributed by atoms with Gasteiger partial charge in [-0.1, -0.05) is 70.0 Å². The maximum Gasteiger partial charge on any atom is 0.139 e. The van der Waals surface area contributed by atoms with Gasteiger partial charge in [-0.3, -0.25) is 0 Å². The largest absolute Gasteiger partial charge is 0.410 e. The third kappa shape index (κ3) is 2.85. The second kappa shape index (κ2) is 6.02. The highest BCUT2D eigenvalue weighted by Gasteiger charge is 2.15. The summed E-state index contributed by atoms with van der Waals surface area (Å²) in [5.74, 6) is 0. The summed E-state index contributed by atoms with van der Waals surface area (Å²) in [6.45, 7) is 3.95. The van der Waals surface area contributed by atoms with Gasteiger partial charge in [0.05, 0.1) is 0 Å². The Morgan fingerprint density at radius 2 is 0.950 bits per heavy atom. The van der Waals surface area contributed by atoms with Crippen LogP contribution in [-0.2, 0) is 0 Å². The van der Waals surface area contributed by atoms with Gasteiger partial charge in [0.15, 0.2) is 0 Å². The molecule has 0 atom stereocenters. The summed E-state index contributed by atoms with van der Waals surface area (Å²) >= 11 is 0. The van der Waals surface area contributed by atoms with Crippen LogP contribution in [0.5, 0.6) is 0 Å². The molecule has 0 saturated carbocycles. The first-order valence-electron chi connectivity index (χ1n) is 6.24. The Kier molecular flexibility index (Phi) is 4.15. The molecular formula is C16H16N2O2. The van der Waals surface area contributed by atoms with E-state index in [0.717, 1.165) is 11.1 Å². The number of aryl methyl sites for hydroxylation is 2. The van der Waals surface area contributed by atoms with E-state index in [1.165, 1.54) is 0 Å². The van der Waals surface area contributed by atoms with Crippen LogP contribution in [0, 0.1) is 13.8 Å². The minimum absolute atomic E-state index is 0.233. The lowest BCUT2D eigenvalue weighted by molar-refractivity contribution is 0.314. The molecule has 20 heavy (non-hydrogen) atoms. The zero-order valence-corrected chi connectivity index (χ0v) is 11.4. The van der Waals surface area contributed by atoms with Crippen molar-refractivity contribution in [1.29, 1.82) is 0 Å². The lowest BCUT2D eigenvalue weighted by atomic mass is 9.98. The molecule has 0 saturated heterocycles. The van der Waals surface area contributed by atoms with Gasteiger partial charge in [-0.15, -0.1) is 0 Å². The smallest absolute Gasteiger partial charge is 0.139 e. The van der Waals surface area contributed by atoms with Gasteiger partial charge >= 0.3 is 0 Å². The third-order valence-electron chi connectivity index (χ3n) is 3.07. The SMILES string of the molecule is Cc1ccc(C(=N/O)/C(=N\O)c2ccc(C)cc2)cc1. The first-order valence-corrected chi connectivity index (χ1v) is 6.24. The van der Waals surface area contributed by atoms with E-state index < -0.39 is 0 Å². The van der Waals surface area contributed by atoms with Crippen molar-refractivity contribution in [2.45, 2.75) is 13.8 Å². The van der Waals surface area contributed by atoms with Gasteiger partial charge in [-0.05, 0) is 13.8 Å². The van der Waals surface area contributed by atoms with E-state index >= 15 is 0 Å². The Balaban J connectivity index is 2.44. The standard InChI is InChI=1S/C16H16N2O2/c1-11-3-7-13(8-4-11)15(17-19)16(18-20)14-9-5-12(2)6-10-14/h3-10,19-20H,1-2H3/b17-15-,18-16-. The van der Waals surface area contributed by atoms with Crippen LogP contribution in [0.15, 0.2) is 58.8 Å². The predicted octanol–water partition coefficient (Wildman–Crippen LogP) is 3.36. The topological polar surface area (TPSA) is 65.2 Å². The lowest BCUT2D eigenvalue weighted by Crippen LogP contribution is -2.17. The van der Waals surface area contributed by atoms with Crippen LogP contribution in [0.2, 0.25) is 0 Å². The van der Waals surface area contributed by atoms with E-state index in [1.54, 1.807) is 0 Å². The molecule has 0 aromatic heterocycles. The minimum atomic E-state index is 0.233. The van der Waals surface area contributed by atoms with Gasteiger partial charge in [-0.2, -0.15) is 0 Å². The average Bonchev–Trinajstić information content (AvgIpc) is 2.47. The molecule has 4 heteroatoms. The Bertz CT molecular complexity index is 582. The fraction of sp³-hybridized carbons (Fsp3) is 0.125. The average molecular weight is 268 g/mol. The van der Waals surface area contributed by atoms with Crippen molar-refractivity contribution in [2.75, 3.05) is 0 Å². The normalized spacial score (nSPS) is 12.5. The zero-order valence-electron chi connectivity index (χ0n) is 11.4. The molecule has 2 rings (SSSR count). The summed E-state index contributed by atoms with van der Waals surface area (Å²) in [7, 11) is 0. The van der Waals surface area contributed by atoms with Crippen molar-refractivity contribution >= 4 is 11.4 Å². The minimum Gasteiger partial charge on any atom is -0.410 e. The molecule has 2 aromatic carbocycles. The van der Waals surface area contributed by atoms with Crippen molar-refractivity contribution in [1.82, 2.24) is 0 Å². The molecule has 0 bridgehead atoms. The van der Waals surface area contributed by atoms with E-state index in [-0.39, 0.29) is 11.4 Å². The number of hydrogen-bond donors (Lipinski definition) is 2. The van der Waals surface area contributed by atoms with Crippen LogP contribution < -0.4 is 0 Å². The highest BCUT2D eigenvalue weighted by atomic mass is 16.4. The maximum atomic E-state index is 9.26. The van der Waals surface area contributed by atoms with Crippen molar-refractivity contribution in [2.24, 2.45) is 10.3 Å². The summed E-state index contributed by atoms with van der Waals surface area (Å²) < 4.78 is 0. The van der Waals surface area contributed by atoms with Gasteiger partial charge in [0.25, 0.3) is 0 Å². The molecule has 0 amide bonds. The molecule has 0 fully saturated rings. The molecule has 0 aliphatic heterocycles. The molecule has 0 radical (unpaired) electrons. The molecule has 0 spiro atoms. The van der Waals surface area contributed by atoms with Gasteiger partial charge in [0.2, 0.25) is 0 Å². The molecule has 0 aliphatic rings. The van der Waals surface area contributed by atoms with Crippen LogP contribution in [0.3, 0.4) is 0 Å². The number of hydrogen-bond acceptors (Lipinski definition) is 4. The van der Waals surface area contributed by atoms with E-state index in [2.05, 4.69) is 10.3 Å². The molecule has 0 unspecified atom stereocenters. The number of oxime groups is 2. The van der Waals surface area contributed by atoms with E-state index in [9.17, 15) is 10.4 Å². The van der Waals surface area contributed by atoms with Crippen LogP contribution in [-0.4, -0.2) is 21.8 Å². The van der Waals surface area contributed by atoms with Crippen molar-refractivity contribution in [3.05, 3.63) is 70.8 Å². The molecule has 4 nitrogen and oxygen atoms in total. The van der Waals surface area contributed by atoms with E-state index in [4.69, 9.17) is 0 Å². The Hall–Kier alpha value is -2.62. The zero-order chi connectivity index (χ0) is 14.5. The Morgan fingerprint density at radius 3 is 1.20 bits per heavy atom. The van der Waals surface area contributed by atoms with Crippen molar-refractivity contribution < 1.29 is 10.4 Å². The first kappa shape index (κ1) is 13.8. The Labute approximate surface area is 117 Å². The summed E-state index contributed by atoms with van der Waals surface area (Å²) in [5, 5.41) is 25.1. The van der Waals surface area contributed by atoms with Crippen LogP contribution >= 0.6 is 0 Å². The number of rotatable bonds is 3. The van der Waals surface area contributed by atoms with Crippen molar-refractivity contribution in [3.63, 3.8) is 0 Å². The Morgan fingerprint density at radius 1 is 0.650 bits per heavy atom. The van der Waals surface area contributed by atoms with Crippen LogP contribution in [0.1, 0.15) is 22.3 Å². The number of benzene rings is 2. The van der Waals surface area contributed by atoms with Crippen LogP contribution in [0.4, 0.5) is 0 Å². The summed E-state index contributed by atoms with van der Waals surface area (Å²) in [6.07, 6.45) is 0. The predicted molar refractivity (Wildman–Crippen MR) is 79.0 cm³/mol. The van der Waals surface area contributed by atoms with Gasteiger partial charge in [-0.25, -0.2) is 0 Å². The lowest BCUT2D eigenvalue weighted by Gasteiger charge is -2.08. The fourth-order valence-electron chi connectivity index (χ4n) is 1.91. The molecule has 0 heterocycles. The third-order valence-corrected chi connectivity index (χ3v) is 3.07. The molecule has 0 aliphatic carbocycles. The van der Waals surface area contributed by atoms with Gasteiger partial charge in [0, 0.05) is 11.1 Å². The summed E-state index contributed by atoms with van der Waals surface area (Å²) in [6, 6.07) is 14.9. The second-order valence-corrected chi connectivity index (χ2v) is 4.63. The van der Waals surface area contributed by atoms with Crippen LogP contribution in [0.25, 0.3) is 0 Å². The summed E-state index contributed by atoms with van der Waals surface area (Å²) in [5.41, 5.74) is 4.04. The van der Waals surface area contributed by atoms with E-state index in [0.29, 0.717) is 11.1 Å². The molecule has 102 valence electrons.